The molecule has 6 rings (SSSR count). The van der Waals surface area contributed by atoms with Crippen LogP contribution in [0.5, 0.6) is 0 Å². The van der Waals surface area contributed by atoms with Crippen LogP contribution < -0.4 is 0 Å². The number of carbonyl (C=O) groups is 2. The largest absolute Gasteiger partial charge is 0.393 e. The van der Waals surface area contributed by atoms with Gasteiger partial charge in [-0.25, -0.2) is 4.98 Å². The SMILES string of the molecule is CC12C=CC(=O)C=C1CCC1C2C(O)CC2(C)C1CC[C@]2(O)C(=O)CSc1cnc2ccccc2n1. The molecule has 4 aliphatic rings. The second kappa shape index (κ2) is 8.33. The minimum Gasteiger partial charge on any atom is -0.393 e. The summed E-state index contributed by atoms with van der Waals surface area (Å²) >= 11 is 1.31. The van der Waals surface area contributed by atoms with Gasteiger partial charge in [0, 0.05) is 16.7 Å². The van der Waals surface area contributed by atoms with Crippen LogP contribution in [0.3, 0.4) is 0 Å². The van der Waals surface area contributed by atoms with Gasteiger partial charge in [0.15, 0.2) is 11.6 Å². The number of carbonyl (C=O) groups excluding carboxylic acids is 2. The Morgan fingerprint density at radius 1 is 1.19 bits per heavy atom. The van der Waals surface area contributed by atoms with E-state index in [1.54, 1.807) is 18.3 Å². The number of fused-ring (bicyclic) bond motifs is 6. The van der Waals surface area contributed by atoms with E-state index < -0.39 is 17.1 Å². The topological polar surface area (TPSA) is 100 Å². The quantitative estimate of drug-likeness (QED) is 0.599. The van der Waals surface area contributed by atoms with Crippen molar-refractivity contribution in [3.8, 4) is 0 Å². The monoisotopic (exact) mass is 504 g/mol. The molecule has 0 spiro atoms. The summed E-state index contributed by atoms with van der Waals surface area (Å²) in [6.45, 7) is 4.15. The van der Waals surface area contributed by atoms with Crippen molar-refractivity contribution in [1.29, 1.82) is 0 Å². The molecule has 36 heavy (non-hydrogen) atoms. The average molecular weight is 505 g/mol. The molecular formula is C29H32N2O4S. The number of thioether (sulfide) groups is 1. The Morgan fingerprint density at radius 3 is 2.78 bits per heavy atom. The maximum absolute atomic E-state index is 13.6. The summed E-state index contributed by atoms with van der Waals surface area (Å²) in [5, 5.41) is 24.1. The maximum atomic E-state index is 13.6. The van der Waals surface area contributed by atoms with Crippen molar-refractivity contribution in [2.75, 3.05) is 5.75 Å². The van der Waals surface area contributed by atoms with Crippen molar-refractivity contribution in [3.05, 3.63) is 54.3 Å². The summed E-state index contributed by atoms with van der Waals surface area (Å²) in [5.41, 5.74) is 0.173. The highest BCUT2D eigenvalue weighted by molar-refractivity contribution is 7.99. The maximum Gasteiger partial charge on any atom is 0.178 e. The zero-order valence-corrected chi connectivity index (χ0v) is 21.5. The van der Waals surface area contributed by atoms with Gasteiger partial charge >= 0.3 is 0 Å². The summed E-state index contributed by atoms with van der Waals surface area (Å²) in [6.07, 6.45) is 9.64. The first-order valence-corrected chi connectivity index (χ1v) is 13.9. The lowest BCUT2D eigenvalue weighted by Crippen LogP contribution is -2.61. The molecule has 7 heteroatoms. The summed E-state index contributed by atoms with van der Waals surface area (Å²) in [6, 6.07) is 7.62. The molecule has 4 aliphatic carbocycles. The molecule has 7 atom stereocenters. The van der Waals surface area contributed by atoms with Crippen LogP contribution in [0.25, 0.3) is 11.0 Å². The third-order valence-corrected chi connectivity index (χ3v) is 10.8. The van der Waals surface area contributed by atoms with Gasteiger partial charge in [0.1, 0.15) is 10.6 Å². The Bertz CT molecular complexity index is 1320. The number of Topliss-reactive ketones (excluding diaryl/α,β-unsaturated/α-hetero) is 1. The fraction of sp³-hybridized carbons (Fsp3) is 0.517. The van der Waals surface area contributed by atoms with Crippen molar-refractivity contribution < 1.29 is 19.8 Å². The molecule has 1 aromatic heterocycles. The van der Waals surface area contributed by atoms with E-state index in [4.69, 9.17) is 0 Å². The Balaban J connectivity index is 1.24. The number of aliphatic hydroxyl groups is 2. The van der Waals surface area contributed by atoms with Gasteiger partial charge in [-0.3, -0.25) is 14.6 Å². The van der Waals surface area contributed by atoms with Crippen LogP contribution in [-0.2, 0) is 9.59 Å². The molecule has 2 N–H and O–H groups in total. The summed E-state index contributed by atoms with van der Waals surface area (Å²) < 4.78 is 0. The van der Waals surface area contributed by atoms with Crippen LogP contribution in [0, 0.1) is 28.6 Å². The van der Waals surface area contributed by atoms with Gasteiger partial charge in [-0.15, -0.1) is 0 Å². The van der Waals surface area contributed by atoms with Crippen LogP contribution in [0.4, 0.5) is 0 Å². The first kappa shape index (κ1) is 24.0. The molecule has 3 fully saturated rings. The number of para-hydroxylation sites is 2. The number of nitrogens with zero attached hydrogens (tertiary/aromatic N) is 2. The number of hydrogen-bond acceptors (Lipinski definition) is 7. The fourth-order valence-electron chi connectivity index (χ4n) is 8.06. The Kier molecular flexibility index (Phi) is 5.56. The third kappa shape index (κ3) is 3.39. The van der Waals surface area contributed by atoms with Crippen molar-refractivity contribution in [2.45, 2.75) is 62.7 Å². The van der Waals surface area contributed by atoms with E-state index in [-0.39, 0.29) is 40.5 Å². The Morgan fingerprint density at radius 2 is 1.97 bits per heavy atom. The van der Waals surface area contributed by atoms with E-state index in [1.165, 1.54) is 11.8 Å². The van der Waals surface area contributed by atoms with Crippen molar-refractivity contribution in [1.82, 2.24) is 9.97 Å². The number of aromatic nitrogens is 2. The number of allylic oxidation sites excluding steroid dienone is 4. The lowest BCUT2D eigenvalue weighted by Gasteiger charge is -2.59. The van der Waals surface area contributed by atoms with Crippen LogP contribution in [0.2, 0.25) is 0 Å². The summed E-state index contributed by atoms with van der Waals surface area (Å²) in [5.74, 6) is 0.272. The lowest BCUT2D eigenvalue weighted by molar-refractivity contribution is -0.174. The van der Waals surface area contributed by atoms with E-state index in [0.717, 1.165) is 35.9 Å². The first-order chi connectivity index (χ1) is 17.2. The van der Waals surface area contributed by atoms with E-state index in [0.29, 0.717) is 17.9 Å². The number of benzene rings is 1. The highest BCUT2D eigenvalue weighted by Gasteiger charge is 2.67. The van der Waals surface area contributed by atoms with Crippen molar-refractivity contribution in [3.63, 3.8) is 0 Å². The molecule has 0 bridgehead atoms. The highest BCUT2D eigenvalue weighted by atomic mass is 32.2. The van der Waals surface area contributed by atoms with Crippen LogP contribution >= 0.6 is 11.8 Å². The molecule has 1 heterocycles. The predicted octanol–water partition coefficient (Wildman–Crippen LogP) is 4.30. The number of ketones is 2. The second-order valence-electron chi connectivity index (χ2n) is 11.5. The fourth-order valence-corrected chi connectivity index (χ4v) is 8.87. The summed E-state index contributed by atoms with van der Waals surface area (Å²) in [4.78, 5) is 34.7. The highest BCUT2D eigenvalue weighted by Crippen LogP contribution is 2.67. The van der Waals surface area contributed by atoms with E-state index in [2.05, 4.69) is 16.9 Å². The molecule has 0 amide bonds. The minimum absolute atomic E-state index is 0.0142. The molecule has 3 saturated carbocycles. The lowest BCUT2D eigenvalue weighted by atomic mass is 9.46. The zero-order chi connectivity index (χ0) is 25.3. The van der Waals surface area contributed by atoms with Crippen molar-refractivity contribution >= 4 is 34.4 Å². The van der Waals surface area contributed by atoms with Crippen molar-refractivity contribution in [2.24, 2.45) is 28.6 Å². The van der Waals surface area contributed by atoms with Gasteiger partial charge in [-0.2, -0.15) is 0 Å². The molecule has 0 aliphatic heterocycles. The molecule has 0 saturated heterocycles. The van der Waals surface area contributed by atoms with E-state index >= 15 is 0 Å². The van der Waals surface area contributed by atoms with Gasteiger partial charge < -0.3 is 10.2 Å². The molecule has 1 aromatic carbocycles. The number of rotatable bonds is 4. The average Bonchev–Trinajstić information content (AvgIpc) is 3.13. The minimum atomic E-state index is -1.48. The third-order valence-electron chi connectivity index (χ3n) is 9.89. The second-order valence-corrected chi connectivity index (χ2v) is 12.5. The molecule has 0 radical (unpaired) electrons. The molecule has 6 unspecified atom stereocenters. The molecular weight excluding hydrogens is 472 g/mol. The van der Waals surface area contributed by atoms with Gasteiger partial charge in [0.05, 0.1) is 29.1 Å². The molecule has 188 valence electrons. The van der Waals surface area contributed by atoms with E-state index in [9.17, 15) is 19.8 Å². The van der Waals surface area contributed by atoms with Crippen LogP contribution in [0.1, 0.15) is 46.0 Å². The molecule has 2 aromatic rings. The van der Waals surface area contributed by atoms with Gasteiger partial charge in [0.2, 0.25) is 0 Å². The smallest absolute Gasteiger partial charge is 0.178 e. The normalized spacial score (nSPS) is 39.3. The zero-order valence-electron chi connectivity index (χ0n) is 20.7. The van der Waals surface area contributed by atoms with Crippen LogP contribution in [0.15, 0.2) is 59.3 Å². The van der Waals surface area contributed by atoms with Crippen LogP contribution in [-0.4, -0.2) is 49.2 Å². The van der Waals surface area contributed by atoms with E-state index in [1.807, 2.05) is 37.3 Å². The summed E-state index contributed by atoms with van der Waals surface area (Å²) in [7, 11) is 0. The number of hydrogen-bond donors (Lipinski definition) is 2. The first-order valence-electron chi connectivity index (χ1n) is 12.9. The molecule has 6 nitrogen and oxygen atoms in total. The standard InChI is InChI=1S/C29H32N2O4S/c1-27-11-9-18(32)13-17(27)7-8-19-20-10-12-29(35,28(20,2)14-23(33)26(19)27)24(34)16-36-25-15-30-21-5-3-4-6-22(21)31-25/h3-6,9,11,13,15,19-20,23,26,33,35H,7-8,10,12,14,16H2,1-2H3/t19?,20?,23?,26?,27?,28?,29-/m0/s1. The number of aliphatic hydroxyl groups excluding tert-OH is 1. The Labute approximate surface area is 215 Å². The Hall–Kier alpha value is -2.35. The van der Waals surface area contributed by atoms with Gasteiger partial charge in [0.25, 0.3) is 0 Å². The van der Waals surface area contributed by atoms with Gasteiger partial charge in [-0.1, -0.05) is 49.4 Å². The predicted molar refractivity (Wildman–Crippen MR) is 138 cm³/mol. The van der Waals surface area contributed by atoms with Gasteiger partial charge in [-0.05, 0) is 68.2 Å².